The van der Waals surface area contributed by atoms with Crippen LogP contribution in [0.15, 0.2) is 51.4 Å². The van der Waals surface area contributed by atoms with Crippen molar-refractivity contribution in [1.82, 2.24) is 14.1 Å². The number of nitrogens with zero attached hydrogens (tertiary/aromatic N) is 3. The van der Waals surface area contributed by atoms with Crippen molar-refractivity contribution in [2.24, 2.45) is 14.1 Å². The van der Waals surface area contributed by atoms with Crippen molar-refractivity contribution in [3.63, 3.8) is 0 Å². The van der Waals surface area contributed by atoms with Crippen molar-refractivity contribution in [2.75, 3.05) is 0 Å². The van der Waals surface area contributed by atoms with Gasteiger partial charge >= 0.3 is 5.69 Å². The number of thiophene rings is 1. The van der Waals surface area contributed by atoms with Crippen molar-refractivity contribution in [1.29, 1.82) is 0 Å². The summed E-state index contributed by atoms with van der Waals surface area (Å²) in [5.74, 6) is 0. The summed E-state index contributed by atoms with van der Waals surface area (Å²) < 4.78 is 2.48. The smallest absolute Gasteiger partial charge is 0.332 e. The lowest BCUT2D eigenvalue weighted by Gasteiger charge is -2.15. The third kappa shape index (κ3) is 2.01. The summed E-state index contributed by atoms with van der Waals surface area (Å²) in [6, 6.07) is 11.3. The number of aromatic nitrogens is 3. The second-order valence-electron chi connectivity index (χ2n) is 6.62. The molecule has 1 atom stereocenters. The van der Waals surface area contributed by atoms with Crippen molar-refractivity contribution in [3.05, 3.63) is 73.7 Å². The highest BCUT2D eigenvalue weighted by atomic mass is 32.1. The SMILES string of the molecule is Cn1c(=O)c2c(-c3cccs3)c3c(nc2n(C)c1=O)-c1ccccc1[C@H]3O. The lowest BCUT2D eigenvalue weighted by atomic mass is 9.99. The summed E-state index contributed by atoms with van der Waals surface area (Å²) in [5, 5.41) is 13.3. The van der Waals surface area contributed by atoms with Crippen molar-refractivity contribution < 1.29 is 5.11 Å². The molecule has 5 rings (SSSR count). The van der Waals surface area contributed by atoms with Gasteiger partial charge in [-0.2, -0.15) is 0 Å². The first kappa shape index (κ1) is 16.2. The monoisotopic (exact) mass is 377 g/mol. The van der Waals surface area contributed by atoms with Gasteiger partial charge in [0.05, 0.1) is 11.1 Å². The first-order valence-corrected chi connectivity index (χ1v) is 9.33. The van der Waals surface area contributed by atoms with Gasteiger partial charge in [0, 0.05) is 35.7 Å². The van der Waals surface area contributed by atoms with Gasteiger partial charge in [0.25, 0.3) is 5.56 Å². The lowest BCUT2D eigenvalue weighted by Crippen LogP contribution is -2.37. The minimum atomic E-state index is -0.868. The molecule has 0 spiro atoms. The molecule has 3 aromatic heterocycles. The van der Waals surface area contributed by atoms with Gasteiger partial charge in [-0.1, -0.05) is 30.3 Å². The molecule has 0 bridgehead atoms. The minimum absolute atomic E-state index is 0.328. The standard InChI is InChI=1S/C20H15N3O3S/c1-22-18-15(19(25)23(2)20(22)26)13(12-8-5-9-27-12)14-16(21-18)10-6-3-4-7-11(10)17(14)24/h3-9,17,24H,1-2H3/t17-/m1/s1. The number of aryl methyl sites for hydroxylation is 1. The van der Waals surface area contributed by atoms with Crippen LogP contribution < -0.4 is 11.2 Å². The number of benzene rings is 1. The predicted octanol–water partition coefficient (Wildman–Crippen LogP) is 2.42. The molecule has 0 aliphatic heterocycles. The maximum Gasteiger partial charge on any atom is 0.332 e. The molecule has 1 aliphatic carbocycles. The molecule has 1 N–H and O–H groups in total. The van der Waals surface area contributed by atoms with Crippen LogP contribution in [0.3, 0.4) is 0 Å². The van der Waals surface area contributed by atoms with E-state index in [9.17, 15) is 14.7 Å². The number of hydrogen-bond acceptors (Lipinski definition) is 5. The maximum atomic E-state index is 13.0. The molecular weight excluding hydrogens is 362 g/mol. The van der Waals surface area contributed by atoms with Gasteiger partial charge in [-0.15, -0.1) is 11.3 Å². The quantitative estimate of drug-likeness (QED) is 0.553. The van der Waals surface area contributed by atoms with Crippen LogP contribution in [0, 0.1) is 0 Å². The van der Waals surface area contributed by atoms with Crippen LogP contribution >= 0.6 is 11.3 Å². The molecule has 0 fully saturated rings. The van der Waals surface area contributed by atoms with Gasteiger partial charge in [-0.05, 0) is 17.0 Å². The fraction of sp³-hybridized carbons (Fsp3) is 0.150. The molecule has 1 aliphatic rings. The molecule has 0 saturated heterocycles. The Kier molecular flexibility index (Phi) is 3.28. The van der Waals surface area contributed by atoms with E-state index in [1.165, 1.54) is 23.0 Å². The van der Waals surface area contributed by atoms with Crippen LogP contribution in [0.25, 0.3) is 32.7 Å². The van der Waals surface area contributed by atoms with Crippen molar-refractivity contribution >= 4 is 22.4 Å². The Hall–Kier alpha value is -3.03. The number of rotatable bonds is 1. The molecule has 0 amide bonds. The largest absolute Gasteiger partial charge is 0.384 e. The fourth-order valence-electron chi connectivity index (χ4n) is 3.86. The molecule has 1 aromatic carbocycles. The summed E-state index contributed by atoms with van der Waals surface area (Å²) in [4.78, 5) is 31.0. The average molecular weight is 377 g/mol. The van der Waals surface area contributed by atoms with Gasteiger partial charge in [0.2, 0.25) is 0 Å². The summed E-state index contributed by atoms with van der Waals surface area (Å²) in [6.45, 7) is 0. The molecule has 3 heterocycles. The second kappa shape index (κ2) is 5.48. The van der Waals surface area contributed by atoms with Gasteiger partial charge in [-0.3, -0.25) is 13.9 Å². The topological polar surface area (TPSA) is 77.1 Å². The van der Waals surface area contributed by atoms with E-state index in [0.717, 1.165) is 20.6 Å². The second-order valence-corrected chi connectivity index (χ2v) is 7.57. The van der Waals surface area contributed by atoms with Gasteiger partial charge in [0.1, 0.15) is 6.10 Å². The van der Waals surface area contributed by atoms with E-state index >= 15 is 0 Å². The highest BCUT2D eigenvalue weighted by Crippen LogP contribution is 2.48. The normalized spacial score (nSPS) is 15.1. The molecule has 0 saturated carbocycles. The highest BCUT2D eigenvalue weighted by Gasteiger charge is 2.34. The van der Waals surface area contributed by atoms with Gasteiger partial charge in [0.15, 0.2) is 5.65 Å². The Morgan fingerprint density at radius 1 is 1.07 bits per heavy atom. The first-order chi connectivity index (χ1) is 13.0. The summed E-state index contributed by atoms with van der Waals surface area (Å²) in [5.41, 5.74) is 2.99. The first-order valence-electron chi connectivity index (χ1n) is 8.45. The summed E-state index contributed by atoms with van der Waals surface area (Å²) >= 11 is 1.49. The Labute approximate surface area is 157 Å². The van der Waals surface area contributed by atoms with Crippen molar-refractivity contribution in [3.8, 4) is 21.7 Å². The van der Waals surface area contributed by atoms with E-state index in [2.05, 4.69) is 4.98 Å². The third-order valence-corrected chi connectivity index (χ3v) is 6.06. The Balaban J connectivity index is 2.08. The highest BCUT2D eigenvalue weighted by molar-refractivity contribution is 7.13. The zero-order valence-electron chi connectivity index (χ0n) is 14.6. The van der Waals surface area contributed by atoms with Crippen LogP contribution in [0.2, 0.25) is 0 Å². The van der Waals surface area contributed by atoms with Crippen LogP contribution in [0.5, 0.6) is 0 Å². The van der Waals surface area contributed by atoms with E-state index in [0.29, 0.717) is 27.9 Å². The minimum Gasteiger partial charge on any atom is -0.384 e. The zero-order chi connectivity index (χ0) is 18.9. The van der Waals surface area contributed by atoms with E-state index in [1.54, 1.807) is 7.05 Å². The van der Waals surface area contributed by atoms with Crippen molar-refractivity contribution in [2.45, 2.75) is 6.10 Å². The Bertz CT molecular complexity index is 1350. The predicted molar refractivity (Wildman–Crippen MR) is 105 cm³/mol. The number of hydrogen-bond donors (Lipinski definition) is 1. The molecule has 27 heavy (non-hydrogen) atoms. The molecule has 6 nitrogen and oxygen atoms in total. The molecule has 0 radical (unpaired) electrons. The van der Waals surface area contributed by atoms with Crippen LogP contribution in [-0.4, -0.2) is 19.2 Å². The van der Waals surface area contributed by atoms with Gasteiger partial charge < -0.3 is 5.11 Å². The molecule has 7 heteroatoms. The lowest BCUT2D eigenvalue weighted by molar-refractivity contribution is 0.225. The number of aliphatic hydroxyl groups is 1. The van der Waals surface area contributed by atoms with E-state index in [4.69, 9.17) is 0 Å². The van der Waals surface area contributed by atoms with Crippen LogP contribution in [-0.2, 0) is 14.1 Å². The fourth-order valence-corrected chi connectivity index (χ4v) is 4.65. The molecular formula is C20H15N3O3S. The molecule has 4 aromatic rings. The third-order valence-electron chi connectivity index (χ3n) is 5.18. The summed E-state index contributed by atoms with van der Waals surface area (Å²) in [7, 11) is 3.07. The molecule has 0 unspecified atom stereocenters. The van der Waals surface area contributed by atoms with Crippen LogP contribution in [0.1, 0.15) is 17.2 Å². The number of fused-ring (bicyclic) bond motifs is 4. The molecule has 134 valence electrons. The van der Waals surface area contributed by atoms with Gasteiger partial charge in [-0.25, -0.2) is 9.78 Å². The van der Waals surface area contributed by atoms with Crippen LogP contribution in [0.4, 0.5) is 0 Å². The average Bonchev–Trinajstić information content (AvgIpc) is 3.31. The number of aliphatic hydroxyl groups excluding tert-OH is 1. The van der Waals surface area contributed by atoms with E-state index in [1.807, 2.05) is 41.8 Å². The number of pyridine rings is 1. The van der Waals surface area contributed by atoms with E-state index < -0.39 is 17.4 Å². The Morgan fingerprint density at radius 3 is 2.59 bits per heavy atom. The zero-order valence-corrected chi connectivity index (χ0v) is 15.4. The Morgan fingerprint density at radius 2 is 1.85 bits per heavy atom. The maximum absolute atomic E-state index is 13.0. The summed E-state index contributed by atoms with van der Waals surface area (Å²) in [6.07, 6.45) is -0.868. The van der Waals surface area contributed by atoms with E-state index in [-0.39, 0.29) is 0 Å².